The maximum Gasteiger partial charge on any atom is 0.337 e. The third kappa shape index (κ3) is 22.9. The SMILES string of the molecule is C=C(C)C(=O)OCC(C)(C)COC(=O)C(C)(C)O.C=C(C)C(=O)OCC(C)(C)COC(=O)C(C)(C)OCC.CCCl. The van der Waals surface area contributed by atoms with Gasteiger partial charge in [0.05, 0.1) is 26.4 Å². The summed E-state index contributed by atoms with van der Waals surface area (Å²) in [5, 5.41) is 9.40. The van der Waals surface area contributed by atoms with E-state index in [1.165, 1.54) is 13.8 Å². The zero-order valence-electron chi connectivity index (χ0n) is 27.2. The molecule has 1 N–H and O–H groups in total. The van der Waals surface area contributed by atoms with Gasteiger partial charge >= 0.3 is 23.9 Å². The van der Waals surface area contributed by atoms with Gasteiger partial charge in [0.1, 0.15) is 0 Å². The van der Waals surface area contributed by atoms with E-state index in [4.69, 9.17) is 35.3 Å². The van der Waals surface area contributed by atoms with Crippen molar-refractivity contribution >= 4 is 35.5 Å². The van der Waals surface area contributed by atoms with Gasteiger partial charge < -0.3 is 28.8 Å². The summed E-state index contributed by atoms with van der Waals surface area (Å²) in [6, 6.07) is 0. The van der Waals surface area contributed by atoms with Crippen molar-refractivity contribution < 1.29 is 48.0 Å². The van der Waals surface area contributed by atoms with Crippen molar-refractivity contribution in [3.05, 3.63) is 24.3 Å². The van der Waals surface area contributed by atoms with Crippen LogP contribution < -0.4 is 0 Å². The summed E-state index contributed by atoms with van der Waals surface area (Å²) >= 11 is 5.00. The second-order valence-corrected chi connectivity index (χ2v) is 12.5. The van der Waals surface area contributed by atoms with Crippen molar-refractivity contribution in [1.29, 1.82) is 0 Å². The largest absolute Gasteiger partial charge is 0.463 e. The van der Waals surface area contributed by atoms with E-state index in [-0.39, 0.29) is 26.4 Å². The van der Waals surface area contributed by atoms with E-state index in [1.54, 1.807) is 41.5 Å². The highest BCUT2D eigenvalue weighted by Gasteiger charge is 2.32. The smallest absolute Gasteiger partial charge is 0.337 e. The third-order valence-corrected chi connectivity index (χ3v) is 4.57. The molecule has 11 heteroatoms. The van der Waals surface area contributed by atoms with Crippen molar-refractivity contribution in [2.45, 2.75) is 94.3 Å². The molecule has 0 atom stereocenters. The van der Waals surface area contributed by atoms with E-state index in [2.05, 4.69) is 13.2 Å². The first-order chi connectivity index (χ1) is 18.4. The van der Waals surface area contributed by atoms with Gasteiger partial charge in [0.15, 0.2) is 11.2 Å². The van der Waals surface area contributed by atoms with E-state index in [9.17, 15) is 24.3 Å². The number of halogens is 1. The van der Waals surface area contributed by atoms with Gasteiger partial charge in [-0.15, -0.1) is 11.6 Å². The molecular weight excluding hydrogens is 556 g/mol. The van der Waals surface area contributed by atoms with Gasteiger partial charge in [0.25, 0.3) is 0 Å². The molecule has 240 valence electrons. The topological polar surface area (TPSA) is 135 Å². The molecule has 0 aliphatic rings. The quantitative estimate of drug-likeness (QED) is 0.122. The van der Waals surface area contributed by atoms with Crippen LogP contribution in [-0.4, -0.2) is 79.1 Å². The zero-order valence-corrected chi connectivity index (χ0v) is 27.9. The molecular formula is C30H53ClO10. The number of hydrogen-bond donors (Lipinski definition) is 1. The molecule has 0 saturated carbocycles. The van der Waals surface area contributed by atoms with E-state index in [1.807, 2.05) is 27.7 Å². The number of rotatable bonds is 14. The highest BCUT2D eigenvalue weighted by Crippen LogP contribution is 2.20. The summed E-state index contributed by atoms with van der Waals surface area (Å²) < 4.78 is 25.6. The Morgan fingerprint density at radius 3 is 1.22 bits per heavy atom. The highest BCUT2D eigenvalue weighted by molar-refractivity contribution is 6.17. The standard InChI is InChI=1S/C15H26O5.C13H22O5.C2H5Cl/c1-8-20-15(6,7)13(17)19-10-14(4,5)9-18-12(16)11(2)3;1-9(2)10(14)17-7-12(3,4)8-18-11(15)13(5,6)16;1-2-3/h2,8-10H2,1,3-7H3;16H,1,7-8H2,2-6H3;2H2,1H3. The summed E-state index contributed by atoms with van der Waals surface area (Å²) in [6.45, 7) is 28.0. The van der Waals surface area contributed by atoms with Crippen LogP contribution in [0.2, 0.25) is 0 Å². The van der Waals surface area contributed by atoms with Crippen molar-refractivity contribution in [2.75, 3.05) is 38.9 Å². The number of alkyl halides is 1. The van der Waals surface area contributed by atoms with E-state index in [0.29, 0.717) is 17.8 Å². The molecule has 0 fully saturated rings. The van der Waals surface area contributed by atoms with Crippen LogP contribution in [0.1, 0.15) is 83.1 Å². The predicted octanol–water partition coefficient (Wildman–Crippen LogP) is 5.18. The first-order valence-corrected chi connectivity index (χ1v) is 13.8. The Bertz CT molecular complexity index is 867. The van der Waals surface area contributed by atoms with Crippen LogP contribution in [0.15, 0.2) is 24.3 Å². The molecule has 0 spiro atoms. The minimum absolute atomic E-state index is 0.0549. The van der Waals surface area contributed by atoms with Crippen molar-refractivity contribution in [2.24, 2.45) is 10.8 Å². The average Bonchev–Trinajstić information content (AvgIpc) is 2.83. The lowest BCUT2D eigenvalue weighted by atomic mass is 9.96. The maximum absolute atomic E-state index is 11.9. The molecule has 0 aromatic carbocycles. The number of ether oxygens (including phenoxy) is 5. The summed E-state index contributed by atoms with van der Waals surface area (Å²) in [5.74, 6) is -1.34. The molecule has 0 radical (unpaired) electrons. The Morgan fingerprint density at radius 2 is 0.951 bits per heavy atom. The van der Waals surface area contributed by atoms with Crippen molar-refractivity contribution in [3.8, 4) is 0 Å². The number of hydrogen-bond acceptors (Lipinski definition) is 10. The minimum atomic E-state index is -1.52. The Labute approximate surface area is 251 Å². The molecule has 0 unspecified atom stereocenters. The molecule has 0 aliphatic carbocycles. The lowest BCUT2D eigenvalue weighted by molar-refractivity contribution is -0.172. The van der Waals surface area contributed by atoms with E-state index < -0.39 is 45.9 Å². The van der Waals surface area contributed by atoms with Crippen molar-refractivity contribution in [3.63, 3.8) is 0 Å². The molecule has 0 aliphatic heterocycles. The van der Waals surface area contributed by atoms with Gasteiger partial charge in [0, 0.05) is 34.5 Å². The van der Waals surface area contributed by atoms with E-state index >= 15 is 0 Å². The predicted molar refractivity (Wildman–Crippen MR) is 159 cm³/mol. The van der Waals surface area contributed by atoms with Crippen LogP contribution in [0.3, 0.4) is 0 Å². The molecule has 0 bridgehead atoms. The normalized spacial score (nSPS) is 11.5. The van der Waals surface area contributed by atoms with Crippen LogP contribution in [0.25, 0.3) is 0 Å². The molecule has 0 rings (SSSR count). The molecule has 0 amide bonds. The third-order valence-electron chi connectivity index (χ3n) is 4.57. The first-order valence-electron chi connectivity index (χ1n) is 13.3. The van der Waals surface area contributed by atoms with Crippen LogP contribution in [-0.2, 0) is 42.9 Å². The first kappa shape index (κ1) is 43.0. The van der Waals surface area contributed by atoms with Gasteiger partial charge in [0.2, 0.25) is 0 Å². The monoisotopic (exact) mass is 608 g/mol. The van der Waals surface area contributed by atoms with Crippen LogP contribution in [0.5, 0.6) is 0 Å². The van der Waals surface area contributed by atoms with Crippen molar-refractivity contribution in [1.82, 2.24) is 0 Å². The fourth-order valence-electron chi connectivity index (χ4n) is 2.14. The number of esters is 4. The van der Waals surface area contributed by atoms with Gasteiger partial charge in [-0.25, -0.2) is 19.2 Å². The fraction of sp³-hybridized carbons (Fsp3) is 0.733. The summed E-state index contributed by atoms with van der Waals surface area (Å²) in [6.07, 6.45) is 0. The molecule has 41 heavy (non-hydrogen) atoms. The van der Waals surface area contributed by atoms with E-state index in [0.717, 1.165) is 5.88 Å². The maximum atomic E-state index is 11.9. The zero-order chi connectivity index (χ0) is 33.2. The molecule has 0 heterocycles. The average molecular weight is 609 g/mol. The fourth-order valence-corrected chi connectivity index (χ4v) is 2.14. The molecule has 0 saturated heterocycles. The second kappa shape index (κ2) is 19.6. The highest BCUT2D eigenvalue weighted by atomic mass is 35.5. The van der Waals surface area contributed by atoms with Crippen LogP contribution in [0.4, 0.5) is 0 Å². The summed E-state index contributed by atoms with van der Waals surface area (Å²) in [4.78, 5) is 45.8. The Morgan fingerprint density at radius 1 is 0.659 bits per heavy atom. The second-order valence-electron chi connectivity index (χ2n) is 12.0. The van der Waals surface area contributed by atoms with Gasteiger partial charge in [-0.05, 0) is 48.5 Å². The Balaban J connectivity index is -0.000000645. The number of aliphatic hydroxyl groups is 1. The lowest BCUT2D eigenvalue weighted by Gasteiger charge is -2.27. The Kier molecular flexibility index (Phi) is 20.6. The summed E-state index contributed by atoms with van der Waals surface area (Å²) in [7, 11) is 0. The Hall–Kier alpha value is -2.43. The summed E-state index contributed by atoms with van der Waals surface area (Å²) in [5.41, 5.74) is -2.83. The molecule has 10 nitrogen and oxygen atoms in total. The number of carbonyl (C=O) groups is 4. The minimum Gasteiger partial charge on any atom is -0.463 e. The van der Waals surface area contributed by atoms with Crippen LogP contribution >= 0.6 is 11.6 Å². The van der Waals surface area contributed by atoms with Gasteiger partial charge in [-0.2, -0.15) is 0 Å². The lowest BCUT2D eigenvalue weighted by Crippen LogP contribution is -2.39. The molecule has 0 aromatic heterocycles. The molecule has 0 aromatic rings. The van der Waals surface area contributed by atoms with Crippen LogP contribution in [0, 0.1) is 10.8 Å². The van der Waals surface area contributed by atoms with Gasteiger partial charge in [-0.3, -0.25) is 0 Å². The number of carbonyl (C=O) groups excluding carboxylic acids is 4. The van der Waals surface area contributed by atoms with Gasteiger partial charge in [-0.1, -0.05) is 47.8 Å².